The summed E-state index contributed by atoms with van der Waals surface area (Å²) in [6.07, 6.45) is 12.3. The number of thiol groups is 1. The Labute approximate surface area is 231 Å². The van der Waals surface area contributed by atoms with Gasteiger partial charge in [-0.3, -0.25) is 4.68 Å². The van der Waals surface area contributed by atoms with E-state index in [1.165, 1.54) is 16.7 Å². The van der Waals surface area contributed by atoms with Crippen LogP contribution in [0.4, 0.5) is 5.69 Å². The first-order valence-corrected chi connectivity index (χ1v) is 13.6. The zero-order valence-corrected chi connectivity index (χ0v) is 23.9. The first kappa shape index (κ1) is 31.4. The fraction of sp³-hybridized carbons (Fsp3) is 0.357. The van der Waals surface area contributed by atoms with Gasteiger partial charge in [0.05, 0.1) is 28.4 Å². The predicted molar refractivity (Wildman–Crippen MR) is 158 cm³/mol. The maximum atomic E-state index is 9.01. The normalized spacial score (nSPS) is 10.2. The van der Waals surface area contributed by atoms with Gasteiger partial charge in [0.2, 0.25) is 0 Å². The van der Waals surface area contributed by atoms with Gasteiger partial charge in [-0.2, -0.15) is 23.0 Å². The molecule has 1 heterocycles. The van der Waals surface area contributed by atoms with Crippen molar-refractivity contribution in [3.05, 3.63) is 81.6 Å². The standard InChI is InChI=1S/C15H19N3.C12H13Cl2NO.CH4S/c1-3-4-14-9-13(6-5-12(14)2)7-8-18-11-15(16)10-17-18;1-2-3-9-6-10(8-15)12(11(14)7-9)16-5-4-13;1-2/h3-6,9-11H,7-8,16H2,1-2H3;6-7H,2-5H2,1H3;2H,1H3/b4-3-;;. The Kier molecular flexibility index (Phi) is 15.5. The van der Waals surface area contributed by atoms with Crippen molar-refractivity contribution >= 4 is 47.6 Å². The number of nitriles is 1. The van der Waals surface area contributed by atoms with E-state index in [0.29, 0.717) is 34.5 Å². The van der Waals surface area contributed by atoms with E-state index < -0.39 is 0 Å². The first-order valence-electron chi connectivity index (χ1n) is 11.8. The molecule has 0 radical (unpaired) electrons. The number of nitrogen functional groups attached to an aromatic ring is 1. The average molecular weight is 548 g/mol. The van der Waals surface area contributed by atoms with Crippen molar-refractivity contribution in [1.29, 1.82) is 5.26 Å². The lowest BCUT2D eigenvalue weighted by Gasteiger charge is -2.10. The zero-order valence-electron chi connectivity index (χ0n) is 21.5. The Balaban J connectivity index is 0.000000339. The number of alkyl halides is 1. The number of hydrogen-bond donors (Lipinski definition) is 2. The number of ether oxygens (including phenoxy) is 1. The van der Waals surface area contributed by atoms with Gasteiger partial charge in [0, 0.05) is 12.7 Å². The van der Waals surface area contributed by atoms with Crippen molar-refractivity contribution < 1.29 is 4.74 Å². The Hall–Kier alpha value is -2.59. The Bertz CT molecular complexity index is 1140. The molecule has 5 nitrogen and oxygen atoms in total. The smallest absolute Gasteiger partial charge is 0.155 e. The lowest BCUT2D eigenvalue weighted by atomic mass is 10.0. The third-order valence-corrected chi connectivity index (χ3v) is 5.49. The monoisotopic (exact) mass is 546 g/mol. The van der Waals surface area contributed by atoms with E-state index in [0.717, 1.165) is 31.4 Å². The van der Waals surface area contributed by atoms with Crippen LogP contribution in [0.15, 0.2) is 48.8 Å². The minimum Gasteiger partial charge on any atom is -0.489 e. The molecule has 3 aromatic rings. The van der Waals surface area contributed by atoms with Crippen LogP contribution >= 0.6 is 35.8 Å². The van der Waals surface area contributed by atoms with Crippen molar-refractivity contribution in [1.82, 2.24) is 9.78 Å². The van der Waals surface area contributed by atoms with Gasteiger partial charge < -0.3 is 10.5 Å². The number of nitrogens with zero attached hydrogens (tertiary/aromatic N) is 3. The zero-order chi connectivity index (χ0) is 26.9. The third kappa shape index (κ3) is 10.6. The number of allylic oxidation sites excluding steroid dienone is 1. The van der Waals surface area contributed by atoms with Crippen LogP contribution in [0.25, 0.3) is 6.08 Å². The summed E-state index contributed by atoms with van der Waals surface area (Å²) in [6.45, 7) is 7.46. The van der Waals surface area contributed by atoms with Crippen LogP contribution in [0.1, 0.15) is 48.1 Å². The predicted octanol–water partition coefficient (Wildman–Crippen LogP) is 7.38. The molecule has 0 bridgehead atoms. The molecule has 0 aliphatic heterocycles. The molecule has 0 amide bonds. The van der Waals surface area contributed by atoms with Crippen molar-refractivity contribution in [2.45, 2.75) is 46.6 Å². The summed E-state index contributed by atoms with van der Waals surface area (Å²) in [4.78, 5) is 0. The van der Waals surface area contributed by atoms with Crippen molar-refractivity contribution in [3.63, 3.8) is 0 Å². The van der Waals surface area contributed by atoms with Gasteiger partial charge in [-0.1, -0.05) is 55.3 Å². The van der Waals surface area contributed by atoms with Crippen LogP contribution in [0, 0.1) is 18.3 Å². The summed E-state index contributed by atoms with van der Waals surface area (Å²) in [7, 11) is 0. The second-order valence-corrected chi connectivity index (χ2v) is 8.62. The van der Waals surface area contributed by atoms with E-state index in [-0.39, 0.29) is 0 Å². The lowest BCUT2D eigenvalue weighted by molar-refractivity contribution is 0.342. The summed E-state index contributed by atoms with van der Waals surface area (Å²) in [6, 6.07) is 12.3. The quantitative estimate of drug-likeness (QED) is 0.217. The summed E-state index contributed by atoms with van der Waals surface area (Å²) in [5, 5.41) is 13.7. The van der Waals surface area contributed by atoms with Crippen molar-refractivity contribution in [3.8, 4) is 11.8 Å². The second kappa shape index (κ2) is 17.8. The van der Waals surface area contributed by atoms with Crippen molar-refractivity contribution in [2.24, 2.45) is 0 Å². The molecule has 8 heteroatoms. The van der Waals surface area contributed by atoms with E-state index in [1.54, 1.807) is 12.5 Å². The van der Waals surface area contributed by atoms with Crippen LogP contribution in [-0.2, 0) is 19.4 Å². The van der Waals surface area contributed by atoms with E-state index in [4.69, 9.17) is 38.9 Å². The number of hydrogen-bond acceptors (Lipinski definition) is 5. The molecule has 0 aliphatic carbocycles. The van der Waals surface area contributed by atoms with E-state index in [2.05, 4.69) is 68.0 Å². The Morgan fingerprint density at radius 2 is 1.94 bits per heavy atom. The Morgan fingerprint density at radius 3 is 2.53 bits per heavy atom. The molecule has 0 saturated carbocycles. The molecular formula is C28H36Cl2N4OS. The molecule has 3 rings (SSSR count). The third-order valence-electron chi connectivity index (χ3n) is 5.06. The molecule has 0 spiro atoms. The fourth-order valence-electron chi connectivity index (χ4n) is 3.40. The van der Waals surface area contributed by atoms with Gasteiger partial charge in [0.25, 0.3) is 0 Å². The van der Waals surface area contributed by atoms with Gasteiger partial charge in [-0.05, 0) is 67.3 Å². The van der Waals surface area contributed by atoms with Gasteiger partial charge in [-0.25, -0.2) is 0 Å². The number of aryl methyl sites for hydroxylation is 4. The minimum atomic E-state index is 0.350. The van der Waals surface area contributed by atoms with Crippen LogP contribution in [0.2, 0.25) is 5.02 Å². The first-order chi connectivity index (χ1) is 17.4. The Morgan fingerprint density at radius 1 is 1.19 bits per heavy atom. The minimum absolute atomic E-state index is 0.350. The largest absolute Gasteiger partial charge is 0.489 e. The van der Waals surface area contributed by atoms with Gasteiger partial charge >= 0.3 is 0 Å². The van der Waals surface area contributed by atoms with Crippen LogP contribution in [0.5, 0.6) is 5.75 Å². The van der Waals surface area contributed by atoms with Crippen molar-refractivity contribution in [2.75, 3.05) is 24.5 Å². The van der Waals surface area contributed by atoms with E-state index in [9.17, 15) is 0 Å². The molecule has 0 atom stereocenters. The summed E-state index contributed by atoms with van der Waals surface area (Å²) >= 11 is 15.1. The lowest BCUT2D eigenvalue weighted by Crippen LogP contribution is -2.02. The van der Waals surface area contributed by atoms with E-state index in [1.807, 2.05) is 29.9 Å². The number of anilines is 1. The van der Waals surface area contributed by atoms with Gasteiger partial charge in [0.1, 0.15) is 12.7 Å². The van der Waals surface area contributed by atoms with Crippen LogP contribution in [-0.4, -0.2) is 28.5 Å². The molecule has 2 aromatic carbocycles. The number of benzene rings is 2. The molecule has 36 heavy (non-hydrogen) atoms. The van der Waals surface area contributed by atoms with Crippen LogP contribution in [0.3, 0.4) is 0 Å². The molecule has 0 unspecified atom stereocenters. The summed E-state index contributed by atoms with van der Waals surface area (Å²) < 4.78 is 7.23. The van der Waals surface area contributed by atoms with Gasteiger partial charge in [0.15, 0.2) is 5.75 Å². The van der Waals surface area contributed by atoms with Crippen LogP contribution < -0.4 is 10.5 Å². The SMILES string of the molecule is C/C=C\c1cc(CCn2cc(N)cn2)ccc1C.CCCc1cc(Cl)c(OCCCl)c(C#N)c1.CS. The summed E-state index contributed by atoms with van der Waals surface area (Å²) in [5.41, 5.74) is 11.8. The highest BCUT2D eigenvalue weighted by molar-refractivity contribution is 7.79. The highest BCUT2D eigenvalue weighted by Gasteiger charge is 2.10. The highest BCUT2D eigenvalue weighted by atomic mass is 35.5. The van der Waals surface area contributed by atoms with E-state index >= 15 is 0 Å². The number of halogens is 2. The summed E-state index contributed by atoms with van der Waals surface area (Å²) in [5.74, 6) is 0.808. The molecule has 1 aromatic heterocycles. The topological polar surface area (TPSA) is 76.9 Å². The number of aromatic nitrogens is 2. The maximum absolute atomic E-state index is 9.01. The number of rotatable bonds is 9. The average Bonchev–Trinajstić information content (AvgIpc) is 3.30. The maximum Gasteiger partial charge on any atom is 0.155 e. The molecule has 0 aliphatic rings. The number of nitrogens with two attached hydrogens (primary N) is 1. The van der Waals surface area contributed by atoms with Gasteiger partial charge in [-0.15, -0.1) is 11.6 Å². The fourth-order valence-corrected chi connectivity index (χ4v) is 3.78. The second-order valence-electron chi connectivity index (χ2n) is 7.83. The molecular weight excluding hydrogens is 511 g/mol. The molecule has 0 fully saturated rings. The highest BCUT2D eigenvalue weighted by Crippen LogP contribution is 2.30. The molecule has 2 N–H and O–H groups in total. The molecule has 194 valence electrons. The molecule has 0 saturated heterocycles.